The number of ketones is 1. The normalized spacial score (nSPS) is 10.2. The number of Topliss-reactive ketones (excluding diaryl/α,β-unsaturated/α-hetero) is 1. The molecule has 0 bridgehead atoms. The van der Waals surface area contributed by atoms with Crippen molar-refractivity contribution in [1.29, 1.82) is 0 Å². The van der Waals surface area contributed by atoms with Gasteiger partial charge in [-0.05, 0) is 13.8 Å². The number of allylic oxidation sites excluding steroid dienone is 1. The van der Waals surface area contributed by atoms with E-state index in [0.717, 1.165) is 5.01 Å². The third kappa shape index (κ3) is 4.24. The van der Waals surface area contributed by atoms with Crippen molar-refractivity contribution in [2.24, 2.45) is 0 Å². The molecule has 1 amide bonds. The molecule has 0 saturated carbocycles. The maximum atomic E-state index is 11.3. The van der Waals surface area contributed by atoms with E-state index in [4.69, 9.17) is 0 Å². The Hall–Kier alpha value is -1.78. The first-order chi connectivity index (χ1) is 8.06. The molecule has 0 saturated heterocycles. The van der Waals surface area contributed by atoms with Gasteiger partial charge in [0.15, 0.2) is 11.3 Å². The predicted molar refractivity (Wildman–Crippen MR) is 59.8 cm³/mol. The summed E-state index contributed by atoms with van der Waals surface area (Å²) in [6.07, 6.45) is 5.14. The number of hydrogen-bond acceptors (Lipinski definition) is 5. The maximum Gasteiger partial charge on any atom is 0.231 e. The number of aromatic amines is 1. The van der Waals surface area contributed by atoms with E-state index in [1.807, 2.05) is 0 Å². The minimum atomic E-state index is -0.520. The fraction of sp³-hybridized carbons (Fsp3) is 0.200. The number of carbonyl (C=O) groups excluding carboxylic acids is 2. The number of rotatable bonds is 5. The molecule has 1 radical (unpaired) electrons. The minimum absolute atomic E-state index is 0. The average molecular weight is 421 g/mol. The van der Waals surface area contributed by atoms with Gasteiger partial charge in [-0.3, -0.25) is 9.59 Å². The predicted octanol–water partition coefficient (Wildman–Crippen LogP) is -0.472. The van der Waals surface area contributed by atoms with Crippen LogP contribution in [0.3, 0.4) is 0 Å². The van der Waals surface area contributed by atoms with Crippen molar-refractivity contribution < 1.29 is 30.0 Å². The van der Waals surface area contributed by atoms with Crippen molar-refractivity contribution in [2.45, 2.75) is 13.8 Å². The molecule has 7 nitrogen and oxygen atoms in total. The Morgan fingerprint density at radius 2 is 2.22 bits per heavy atom. The molecule has 0 atom stereocenters. The molecule has 1 aromatic rings. The zero-order valence-corrected chi connectivity index (χ0v) is 12.4. The van der Waals surface area contributed by atoms with Gasteiger partial charge in [0, 0.05) is 44.2 Å². The minimum Gasteiger partial charge on any atom is -0.419 e. The second-order valence-electron chi connectivity index (χ2n) is 3.20. The van der Waals surface area contributed by atoms with Crippen molar-refractivity contribution in [3.8, 4) is 0 Å². The van der Waals surface area contributed by atoms with Gasteiger partial charge in [0.25, 0.3) is 0 Å². The average Bonchev–Trinajstić information content (AvgIpc) is 2.31. The van der Waals surface area contributed by atoms with Crippen molar-refractivity contribution >= 4 is 17.9 Å². The van der Waals surface area contributed by atoms with Crippen LogP contribution in [0.2, 0.25) is 0 Å². The number of nitrogens with zero attached hydrogens (tertiary/aromatic N) is 2. The summed E-state index contributed by atoms with van der Waals surface area (Å²) in [4.78, 5) is 38.9. The molecule has 0 aliphatic heterocycles. The van der Waals surface area contributed by atoms with Gasteiger partial charge < -0.3 is 20.2 Å². The number of H-pyrrole nitrogens is 1. The topological polar surface area (TPSA) is 95.2 Å². The van der Waals surface area contributed by atoms with E-state index in [1.165, 1.54) is 19.3 Å². The fourth-order valence-corrected chi connectivity index (χ4v) is 0.895. The van der Waals surface area contributed by atoms with Gasteiger partial charge in [-0.1, -0.05) is 6.20 Å². The van der Waals surface area contributed by atoms with Crippen LogP contribution in [0.4, 0.5) is 5.69 Å². The van der Waals surface area contributed by atoms with Crippen LogP contribution in [0.15, 0.2) is 22.8 Å². The first kappa shape index (κ1) is 16.2. The van der Waals surface area contributed by atoms with Crippen LogP contribution in [0.25, 0.3) is 0 Å². The van der Waals surface area contributed by atoms with E-state index in [-0.39, 0.29) is 31.9 Å². The summed E-state index contributed by atoms with van der Waals surface area (Å²) in [6.45, 7) is 2.98. The third-order valence-electron chi connectivity index (χ3n) is 1.99. The SMILES string of the molecule is CC(=O)/C(C)=C\NN(C=O)c1cn[c-][nH]c1=O.[Re]. The summed E-state index contributed by atoms with van der Waals surface area (Å²) in [5.74, 6) is -0.142. The van der Waals surface area contributed by atoms with Crippen molar-refractivity contribution in [3.63, 3.8) is 0 Å². The number of nitrogens with one attached hydrogen (secondary N) is 2. The van der Waals surface area contributed by atoms with Gasteiger partial charge in [0.05, 0.1) is 0 Å². The Kier molecular flexibility index (Phi) is 6.79. The Balaban J connectivity index is 0.00000289. The number of hydrazine groups is 1. The molecule has 97 valence electrons. The van der Waals surface area contributed by atoms with Crippen molar-refractivity contribution in [1.82, 2.24) is 15.4 Å². The third-order valence-corrected chi connectivity index (χ3v) is 1.99. The Bertz CT molecular complexity index is 512. The van der Waals surface area contributed by atoms with Gasteiger partial charge in [-0.15, -0.1) is 0 Å². The molecule has 1 heterocycles. The molecule has 1 rings (SSSR count). The Morgan fingerprint density at radius 1 is 1.56 bits per heavy atom. The number of hydrogen-bond donors (Lipinski definition) is 2. The van der Waals surface area contributed by atoms with E-state index >= 15 is 0 Å². The first-order valence-corrected chi connectivity index (χ1v) is 4.70. The van der Waals surface area contributed by atoms with Crippen molar-refractivity contribution in [2.75, 3.05) is 5.01 Å². The second-order valence-corrected chi connectivity index (χ2v) is 3.20. The number of aromatic nitrogens is 2. The molecule has 2 N–H and O–H groups in total. The number of amides is 1. The monoisotopic (exact) mass is 422 g/mol. The van der Waals surface area contributed by atoms with Crippen LogP contribution < -0.4 is 16.0 Å². The van der Waals surface area contributed by atoms with Gasteiger partial charge in [-0.25, -0.2) is 5.01 Å². The molecule has 0 spiro atoms. The largest absolute Gasteiger partial charge is 0.419 e. The standard InChI is InChI=1S/C10H11N4O3.Re/c1-7(8(2)16)3-13-14(6-15)9-4-11-5-12-10(9)17;/h3-4,6,13H,1-2H3,(H,11,12,17);/q-1;/b7-3-;. The van der Waals surface area contributed by atoms with Crippen molar-refractivity contribution in [3.05, 3.63) is 34.7 Å². The zero-order valence-electron chi connectivity index (χ0n) is 9.73. The summed E-state index contributed by atoms with van der Waals surface area (Å²) in [7, 11) is 0. The van der Waals surface area contributed by atoms with Crippen LogP contribution in [-0.2, 0) is 30.0 Å². The van der Waals surface area contributed by atoms with Crippen LogP contribution in [-0.4, -0.2) is 22.2 Å². The second kappa shape index (κ2) is 7.53. The van der Waals surface area contributed by atoms with Crippen LogP contribution in [0.1, 0.15) is 13.8 Å². The summed E-state index contributed by atoms with van der Waals surface area (Å²) in [5, 5.41) is 0.909. The molecular weight excluding hydrogens is 410 g/mol. The molecule has 0 fully saturated rings. The summed E-state index contributed by atoms with van der Waals surface area (Å²) in [6, 6.07) is 0. The molecule has 0 aromatic carbocycles. The molecule has 0 aliphatic carbocycles. The van der Waals surface area contributed by atoms with Gasteiger partial charge >= 0.3 is 0 Å². The van der Waals surface area contributed by atoms with E-state index in [9.17, 15) is 14.4 Å². The smallest absolute Gasteiger partial charge is 0.231 e. The van der Waals surface area contributed by atoms with Gasteiger partial charge in [0.2, 0.25) is 6.41 Å². The zero-order chi connectivity index (χ0) is 12.8. The van der Waals surface area contributed by atoms with Crippen LogP contribution >= 0.6 is 0 Å². The van der Waals surface area contributed by atoms with Crippen LogP contribution in [0, 0.1) is 6.33 Å². The number of anilines is 1. The van der Waals surface area contributed by atoms with E-state index in [1.54, 1.807) is 6.92 Å². The molecular formula is C10H11N4O3Re-. The quantitative estimate of drug-likeness (QED) is 0.290. The van der Waals surface area contributed by atoms with E-state index in [0.29, 0.717) is 12.0 Å². The molecule has 18 heavy (non-hydrogen) atoms. The van der Waals surface area contributed by atoms with E-state index < -0.39 is 5.56 Å². The Morgan fingerprint density at radius 3 is 2.72 bits per heavy atom. The Labute approximate surface area is 117 Å². The molecule has 8 heteroatoms. The summed E-state index contributed by atoms with van der Waals surface area (Å²) >= 11 is 0. The van der Waals surface area contributed by atoms with E-state index in [2.05, 4.69) is 21.7 Å². The number of carbonyl (C=O) groups is 2. The van der Waals surface area contributed by atoms with Gasteiger partial charge in [0.1, 0.15) is 0 Å². The maximum absolute atomic E-state index is 11.3. The fourth-order valence-electron chi connectivity index (χ4n) is 0.895. The molecule has 0 unspecified atom stereocenters. The summed E-state index contributed by atoms with van der Waals surface area (Å²) in [5.41, 5.74) is 2.42. The van der Waals surface area contributed by atoms with Gasteiger partial charge in [-0.2, -0.15) is 0 Å². The molecule has 1 aromatic heterocycles. The molecule has 0 aliphatic rings. The summed E-state index contributed by atoms with van der Waals surface area (Å²) < 4.78 is 0. The van der Waals surface area contributed by atoms with Crippen LogP contribution in [0.5, 0.6) is 0 Å². The first-order valence-electron chi connectivity index (χ1n) is 4.70.